The first-order valence-corrected chi connectivity index (χ1v) is 5.71. The Morgan fingerprint density at radius 3 is 1.46 bits per heavy atom. The van der Waals surface area contributed by atoms with E-state index in [4.69, 9.17) is 0 Å². The molecule has 0 aliphatic carbocycles. The molecule has 0 unspecified atom stereocenters. The Hall–Kier alpha value is -0.520. The van der Waals surface area contributed by atoms with Gasteiger partial charge < -0.3 is 0 Å². The number of rotatable bonds is 8. The van der Waals surface area contributed by atoms with E-state index in [1.807, 2.05) is 0 Å². The Morgan fingerprint density at radius 2 is 1.08 bits per heavy atom. The van der Waals surface area contributed by atoms with E-state index in [0.717, 1.165) is 0 Å². The lowest BCUT2D eigenvalue weighted by Gasteiger charge is -1.94. The zero-order valence-corrected chi connectivity index (χ0v) is 9.26. The summed E-state index contributed by atoms with van der Waals surface area (Å²) < 4.78 is 0. The highest BCUT2D eigenvalue weighted by molar-refractivity contribution is 4.81. The molecule has 0 aliphatic heterocycles. The van der Waals surface area contributed by atoms with Crippen molar-refractivity contribution in [2.45, 2.75) is 58.8 Å². The number of hydrogen-bond acceptors (Lipinski definition) is 0. The SMILES string of the molecule is CC/C=C\CCCCC/C=C\CC. The maximum atomic E-state index is 2.31. The first-order valence-electron chi connectivity index (χ1n) is 5.71. The van der Waals surface area contributed by atoms with Crippen LogP contribution in [-0.4, -0.2) is 0 Å². The molecule has 0 saturated carbocycles. The quantitative estimate of drug-likeness (QED) is 0.369. The lowest BCUT2D eigenvalue weighted by atomic mass is 10.1. The molecule has 13 heavy (non-hydrogen) atoms. The van der Waals surface area contributed by atoms with Crippen LogP contribution in [0.15, 0.2) is 24.3 Å². The van der Waals surface area contributed by atoms with E-state index in [-0.39, 0.29) is 0 Å². The molecule has 0 radical (unpaired) electrons. The molecule has 0 heteroatoms. The van der Waals surface area contributed by atoms with Crippen LogP contribution >= 0.6 is 0 Å². The lowest BCUT2D eigenvalue weighted by Crippen LogP contribution is -1.74. The molecule has 0 fully saturated rings. The van der Waals surface area contributed by atoms with Crippen molar-refractivity contribution in [3.63, 3.8) is 0 Å². The smallest absolute Gasteiger partial charge is 0.0351 e. The van der Waals surface area contributed by atoms with Gasteiger partial charge in [0, 0.05) is 0 Å². The van der Waals surface area contributed by atoms with Crippen LogP contribution in [0.5, 0.6) is 0 Å². The van der Waals surface area contributed by atoms with Gasteiger partial charge in [-0.3, -0.25) is 0 Å². The van der Waals surface area contributed by atoms with Gasteiger partial charge in [-0.1, -0.05) is 44.6 Å². The Labute approximate surface area is 83.7 Å². The first-order chi connectivity index (χ1) is 6.41. The topological polar surface area (TPSA) is 0 Å². The third-order valence-electron chi connectivity index (χ3n) is 2.05. The van der Waals surface area contributed by atoms with Crippen LogP contribution in [0.4, 0.5) is 0 Å². The van der Waals surface area contributed by atoms with Crippen molar-refractivity contribution in [2.24, 2.45) is 0 Å². The van der Waals surface area contributed by atoms with E-state index in [2.05, 4.69) is 38.2 Å². The van der Waals surface area contributed by atoms with E-state index >= 15 is 0 Å². The predicted octanol–water partition coefficient (Wildman–Crippen LogP) is 4.87. The fourth-order valence-electron chi connectivity index (χ4n) is 1.27. The lowest BCUT2D eigenvalue weighted by molar-refractivity contribution is 0.695. The maximum absolute atomic E-state index is 2.31. The number of hydrogen-bond donors (Lipinski definition) is 0. The molecule has 0 spiro atoms. The van der Waals surface area contributed by atoms with Gasteiger partial charge in [0.2, 0.25) is 0 Å². The molecule has 0 bridgehead atoms. The zero-order chi connectivity index (χ0) is 9.78. The minimum absolute atomic E-state index is 1.18. The van der Waals surface area contributed by atoms with Crippen molar-refractivity contribution in [1.82, 2.24) is 0 Å². The first kappa shape index (κ1) is 12.5. The molecule has 0 nitrogen and oxygen atoms in total. The summed E-state index contributed by atoms with van der Waals surface area (Å²) in [5, 5.41) is 0. The van der Waals surface area contributed by atoms with Crippen molar-refractivity contribution >= 4 is 0 Å². The third kappa shape index (κ3) is 11.5. The summed E-state index contributed by atoms with van der Waals surface area (Å²) in [4.78, 5) is 0. The second-order valence-electron chi connectivity index (χ2n) is 3.40. The monoisotopic (exact) mass is 180 g/mol. The average molecular weight is 180 g/mol. The van der Waals surface area contributed by atoms with E-state index in [9.17, 15) is 0 Å². The summed E-state index contributed by atoms with van der Waals surface area (Å²) in [6.45, 7) is 4.37. The Balaban J connectivity index is 2.99. The van der Waals surface area contributed by atoms with Crippen LogP contribution < -0.4 is 0 Å². The van der Waals surface area contributed by atoms with Gasteiger partial charge in [-0.15, -0.1) is 0 Å². The van der Waals surface area contributed by atoms with Gasteiger partial charge in [-0.05, 0) is 38.5 Å². The summed E-state index contributed by atoms with van der Waals surface area (Å²) >= 11 is 0. The van der Waals surface area contributed by atoms with Gasteiger partial charge >= 0.3 is 0 Å². The van der Waals surface area contributed by atoms with E-state index in [1.165, 1.54) is 44.9 Å². The van der Waals surface area contributed by atoms with Crippen molar-refractivity contribution in [1.29, 1.82) is 0 Å². The summed E-state index contributed by atoms with van der Waals surface area (Å²) in [5.41, 5.74) is 0. The molecule has 0 N–H and O–H groups in total. The van der Waals surface area contributed by atoms with Gasteiger partial charge in [-0.25, -0.2) is 0 Å². The van der Waals surface area contributed by atoms with Crippen LogP contribution in [0.25, 0.3) is 0 Å². The summed E-state index contributed by atoms with van der Waals surface area (Å²) in [5.74, 6) is 0. The minimum Gasteiger partial charge on any atom is -0.0888 e. The van der Waals surface area contributed by atoms with Gasteiger partial charge in [-0.2, -0.15) is 0 Å². The molecular formula is C13H24. The van der Waals surface area contributed by atoms with Crippen LogP contribution in [0.3, 0.4) is 0 Å². The second kappa shape index (κ2) is 11.5. The summed E-state index contributed by atoms with van der Waals surface area (Å²) in [6.07, 6.45) is 18.1. The van der Waals surface area contributed by atoms with E-state index < -0.39 is 0 Å². The van der Waals surface area contributed by atoms with Crippen molar-refractivity contribution in [3.8, 4) is 0 Å². The molecule has 0 amide bonds. The van der Waals surface area contributed by atoms with E-state index in [0.29, 0.717) is 0 Å². The van der Waals surface area contributed by atoms with Crippen molar-refractivity contribution < 1.29 is 0 Å². The molecule has 0 heterocycles. The molecule has 0 aliphatic rings. The van der Waals surface area contributed by atoms with Gasteiger partial charge in [0.25, 0.3) is 0 Å². The normalized spacial score (nSPS) is 11.8. The zero-order valence-electron chi connectivity index (χ0n) is 9.26. The fourth-order valence-corrected chi connectivity index (χ4v) is 1.27. The largest absolute Gasteiger partial charge is 0.0888 e. The summed E-state index contributed by atoms with van der Waals surface area (Å²) in [7, 11) is 0. The molecular weight excluding hydrogens is 156 g/mol. The fraction of sp³-hybridized carbons (Fsp3) is 0.692. The molecule has 0 aromatic carbocycles. The molecule has 0 rings (SSSR count). The van der Waals surface area contributed by atoms with Crippen LogP contribution in [0.1, 0.15) is 58.8 Å². The summed E-state index contributed by atoms with van der Waals surface area (Å²) in [6, 6.07) is 0. The number of unbranched alkanes of at least 4 members (excludes halogenated alkanes) is 4. The highest BCUT2D eigenvalue weighted by Crippen LogP contribution is 2.04. The van der Waals surface area contributed by atoms with E-state index in [1.54, 1.807) is 0 Å². The molecule has 76 valence electrons. The molecule has 0 aromatic heterocycles. The Morgan fingerprint density at radius 1 is 0.615 bits per heavy atom. The highest BCUT2D eigenvalue weighted by atomic mass is 13.9. The van der Waals surface area contributed by atoms with Gasteiger partial charge in [0.1, 0.15) is 0 Å². The Kier molecular flexibility index (Phi) is 11.0. The standard InChI is InChI=1S/C13H24/c1-3-5-7-9-11-13-12-10-8-6-4-2/h5-8H,3-4,9-13H2,1-2H3/b7-5-,8-6-. The minimum atomic E-state index is 1.18. The molecule has 0 saturated heterocycles. The highest BCUT2D eigenvalue weighted by Gasteiger charge is 1.84. The van der Waals surface area contributed by atoms with Crippen molar-refractivity contribution in [2.75, 3.05) is 0 Å². The van der Waals surface area contributed by atoms with Gasteiger partial charge in [0.15, 0.2) is 0 Å². The Bertz CT molecular complexity index is 115. The van der Waals surface area contributed by atoms with Gasteiger partial charge in [0.05, 0.1) is 0 Å². The number of allylic oxidation sites excluding steroid dienone is 4. The second-order valence-corrected chi connectivity index (χ2v) is 3.40. The van der Waals surface area contributed by atoms with Crippen LogP contribution in [-0.2, 0) is 0 Å². The van der Waals surface area contributed by atoms with Crippen LogP contribution in [0, 0.1) is 0 Å². The predicted molar refractivity (Wildman–Crippen MR) is 61.9 cm³/mol. The van der Waals surface area contributed by atoms with Crippen molar-refractivity contribution in [3.05, 3.63) is 24.3 Å². The average Bonchev–Trinajstić information content (AvgIpc) is 2.16. The van der Waals surface area contributed by atoms with Crippen LogP contribution in [0.2, 0.25) is 0 Å². The third-order valence-corrected chi connectivity index (χ3v) is 2.05. The molecule has 0 atom stereocenters. The maximum Gasteiger partial charge on any atom is -0.0351 e. The molecule has 0 aromatic rings.